The number of halogens is 1. The van der Waals surface area contributed by atoms with Crippen LogP contribution in [0.5, 0.6) is 5.75 Å². The topological polar surface area (TPSA) is 34.1 Å². The van der Waals surface area contributed by atoms with E-state index in [2.05, 4.69) is 16.4 Å². The van der Waals surface area contributed by atoms with Gasteiger partial charge in [-0.25, -0.2) is 4.39 Å². The molecule has 104 valence electrons. The second kappa shape index (κ2) is 5.49. The maximum absolute atomic E-state index is 13.9. The molecule has 0 saturated carbocycles. The van der Waals surface area contributed by atoms with Crippen LogP contribution in [0.2, 0.25) is 0 Å². The smallest absolute Gasteiger partial charge is 0.146 e. The molecular weight excluding hydrogens is 255 g/mol. The molecule has 1 atom stereocenters. The lowest BCUT2D eigenvalue weighted by Gasteiger charge is -2.26. The van der Waals surface area contributed by atoms with Crippen molar-refractivity contribution in [3.63, 3.8) is 0 Å². The van der Waals surface area contributed by atoms with E-state index in [1.54, 1.807) is 25.4 Å². The van der Waals surface area contributed by atoms with E-state index in [-0.39, 0.29) is 11.9 Å². The molecule has 1 aromatic heterocycles. The normalized spacial score (nSPS) is 17.4. The van der Waals surface area contributed by atoms with Crippen molar-refractivity contribution in [2.75, 3.05) is 12.4 Å². The van der Waals surface area contributed by atoms with E-state index in [0.29, 0.717) is 11.4 Å². The third-order valence-corrected chi connectivity index (χ3v) is 3.70. The fourth-order valence-electron chi connectivity index (χ4n) is 2.68. The predicted molar refractivity (Wildman–Crippen MR) is 76.5 cm³/mol. The largest absolute Gasteiger partial charge is 0.497 e. The Morgan fingerprint density at radius 2 is 2.25 bits per heavy atom. The summed E-state index contributed by atoms with van der Waals surface area (Å²) in [6, 6.07) is 8.83. The van der Waals surface area contributed by atoms with Crippen LogP contribution >= 0.6 is 0 Å². The minimum Gasteiger partial charge on any atom is -0.497 e. The molecule has 2 aromatic rings. The summed E-state index contributed by atoms with van der Waals surface area (Å²) in [5.74, 6) is 0.375. The van der Waals surface area contributed by atoms with Crippen LogP contribution in [0.3, 0.4) is 0 Å². The number of methoxy groups -OCH3 is 1. The van der Waals surface area contributed by atoms with Crippen LogP contribution < -0.4 is 10.1 Å². The Morgan fingerprint density at radius 1 is 1.35 bits per heavy atom. The maximum Gasteiger partial charge on any atom is 0.146 e. The average molecular weight is 272 g/mol. The number of fused-ring (bicyclic) bond motifs is 1. The number of nitrogens with zero attached hydrogens (tertiary/aromatic N) is 1. The predicted octanol–water partition coefficient (Wildman–Crippen LogP) is 3.72. The van der Waals surface area contributed by atoms with Gasteiger partial charge in [0.1, 0.15) is 11.6 Å². The van der Waals surface area contributed by atoms with Gasteiger partial charge < -0.3 is 10.1 Å². The number of benzene rings is 1. The molecular formula is C16H17FN2O. The van der Waals surface area contributed by atoms with Gasteiger partial charge >= 0.3 is 0 Å². The molecule has 3 rings (SSSR count). The van der Waals surface area contributed by atoms with Gasteiger partial charge in [-0.05, 0) is 43.0 Å². The highest BCUT2D eigenvalue weighted by molar-refractivity contribution is 5.51. The number of ether oxygens (including phenoxy) is 1. The number of aryl methyl sites for hydroxylation is 1. The lowest BCUT2D eigenvalue weighted by atomic mass is 9.92. The van der Waals surface area contributed by atoms with Crippen LogP contribution in [-0.4, -0.2) is 12.1 Å². The van der Waals surface area contributed by atoms with Crippen LogP contribution in [0.25, 0.3) is 0 Å². The van der Waals surface area contributed by atoms with Crippen molar-refractivity contribution in [1.29, 1.82) is 0 Å². The van der Waals surface area contributed by atoms with E-state index in [0.717, 1.165) is 25.0 Å². The van der Waals surface area contributed by atoms with Gasteiger partial charge in [0.05, 0.1) is 24.5 Å². The van der Waals surface area contributed by atoms with E-state index in [1.165, 1.54) is 11.6 Å². The monoisotopic (exact) mass is 272 g/mol. The Bertz CT molecular complexity index is 615. The summed E-state index contributed by atoms with van der Waals surface area (Å²) in [7, 11) is 1.58. The first-order valence-corrected chi connectivity index (χ1v) is 6.82. The van der Waals surface area contributed by atoms with Crippen molar-refractivity contribution in [3.05, 3.63) is 53.6 Å². The van der Waals surface area contributed by atoms with Gasteiger partial charge in [-0.15, -0.1) is 0 Å². The molecule has 1 unspecified atom stereocenters. The molecule has 1 N–H and O–H groups in total. The summed E-state index contributed by atoms with van der Waals surface area (Å²) in [6.45, 7) is 0. The lowest BCUT2D eigenvalue weighted by Crippen LogP contribution is -2.19. The van der Waals surface area contributed by atoms with Crippen molar-refractivity contribution < 1.29 is 9.13 Å². The van der Waals surface area contributed by atoms with Gasteiger partial charge in [-0.2, -0.15) is 0 Å². The summed E-state index contributed by atoms with van der Waals surface area (Å²) in [4.78, 5) is 4.45. The molecule has 0 bridgehead atoms. The second-order valence-corrected chi connectivity index (χ2v) is 4.98. The van der Waals surface area contributed by atoms with Crippen LogP contribution in [0.4, 0.5) is 10.1 Å². The maximum atomic E-state index is 13.9. The Labute approximate surface area is 117 Å². The second-order valence-electron chi connectivity index (χ2n) is 4.98. The van der Waals surface area contributed by atoms with Crippen molar-refractivity contribution in [2.45, 2.75) is 25.3 Å². The van der Waals surface area contributed by atoms with E-state index >= 15 is 0 Å². The number of anilines is 1. The number of nitrogens with one attached hydrogen (secondary N) is 1. The Hall–Kier alpha value is -2.10. The first-order valence-electron chi connectivity index (χ1n) is 6.82. The quantitative estimate of drug-likeness (QED) is 0.924. The van der Waals surface area contributed by atoms with Crippen molar-refractivity contribution in [2.24, 2.45) is 0 Å². The molecule has 1 heterocycles. The summed E-state index contributed by atoms with van der Waals surface area (Å²) in [6.07, 6.45) is 4.88. The molecule has 0 amide bonds. The third kappa shape index (κ3) is 2.46. The fraction of sp³-hybridized carbons (Fsp3) is 0.312. The average Bonchev–Trinajstić information content (AvgIpc) is 2.50. The Morgan fingerprint density at radius 3 is 3.10 bits per heavy atom. The Kier molecular flexibility index (Phi) is 3.54. The molecule has 20 heavy (non-hydrogen) atoms. The summed E-state index contributed by atoms with van der Waals surface area (Å²) >= 11 is 0. The molecule has 3 nitrogen and oxygen atoms in total. The number of hydrogen-bond acceptors (Lipinski definition) is 3. The van der Waals surface area contributed by atoms with Crippen LogP contribution in [0.15, 0.2) is 36.5 Å². The van der Waals surface area contributed by atoms with E-state index < -0.39 is 0 Å². The zero-order valence-electron chi connectivity index (χ0n) is 11.4. The van der Waals surface area contributed by atoms with Gasteiger partial charge in [0.25, 0.3) is 0 Å². The molecule has 0 saturated heterocycles. The van der Waals surface area contributed by atoms with Crippen LogP contribution in [0, 0.1) is 5.82 Å². The molecule has 4 heteroatoms. The number of aromatic nitrogens is 1. The fourth-order valence-corrected chi connectivity index (χ4v) is 2.68. The van der Waals surface area contributed by atoms with Crippen LogP contribution in [0.1, 0.15) is 30.1 Å². The van der Waals surface area contributed by atoms with Gasteiger partial charge in [0.2, 0.25) is 0 Å². The molecule has 1 aliphatic carbocycles. The lowest BCUT2D eigenvalue weighted by molar-refractivity contribution is 0.414. The highest BCUT2D eigenvalue weighted by Crippen LogP contribution is 2.32. The zero-order valence-corrected chi connectivity index (χ0v) is 11.4. The minimum absolute atomic E-state index is 0.0570. The molecule has 0 aliphatic heterocycles. The third-order valence-electron chi connectivity index (χ3n) is 3.70. The van der Waals surface area contributed by atoms with E-state index in [1.807, 2.05) is 6.07 Å². The molecule has 1 aliphatic rings. The van der Waals surface area contributed by atoms with Gasteiger partial charge in [-0.1, -0.05) is 6.07 Å². The molecule has 0 fully saturated rings. The van der Waals surface area contributed by atoms with Crippen molar-refractivity contribution >= 4 is 5.69 Å². The van der Waals surface area contributed by atoms with E-state index in [9.17, 15) is 4.39 Å². The zero-order chi connectivity index (χ0) is 13.9. The summed E-state index contributed by atoms with van der Waals surface area (Å²) in [5.41, 5.74) is 2.74. The van der Waals surface area contributed by atoms with Crippen molar-refractivity contribution in [1.82, 2.24) is 4.98 Å². The SMILES string of the molecule is COc1ccc(F)c(NC2CCCc3cccnc32)c1. The molecule has 0 radical (unpaired) electrons. The standard InChI is InChI=1S/C16H17FN2O/c1-20-12-7-8-13(17)15(10-12)19-14-6-2-4-11-5-3-9-18-16(11)14/h3,5,7-10,14,19H,2,4,6H2,1H3. The Balaban J connectivity index is 1.89. The van der Waals surface area contributed by atoms with E-state index in [4.69, 9.17) is 4.74 Å². The number of pyridine rings is 1. The van der Waals surface area contributed by atoms with Crippen LogP contribution in [-0.2, 0) is 6.42 Å². The van der Waals surface area contributed by atoms with Gasteiger partial charge in [-0.3, -0.25) is 4.98 Å². The van der Waals surface area contributed by atoms with Crippen molar-refractivity contribution in [3.8, 4) is 5.75 Å². The molecule has 0 spiro atoms. The first kappa shape index (κ1) is 12.9. The highest BCUT2D eigenvalue weighted by atomic mass is 19.1. The summed E-state index contributed by atoms with van der Waals surface area (Å²) in [5, 5.41) is 3.26. The number of rotatable bonds is 3. The highest BCUT2D eigenvalue weighted by Gasteiger charge is 2.22. The van der Waals surface area contributed by atoms with Gasteiger partial charge in [0.15, 0.2) is 0 Å². The number of hydrogen-bond donors (Lipinski definition) is 1. The molecule has 1 aromatic carbocycles. The first-order chi connectivity index (χ1) is 9.78. The summed E-state index contributed by atoms with van der Waals surface area (Å²) < 4.78 is 19.0. The minimum atomic E-state index is -0.270. The van der Waals surface area contributed by atoms with Gasteiger partial charge in [0, 0.05) is 12.3 Å².